The fourth-order valence-electron chi connectivity index (χ4n) is 4.53. The number of hydrogen-bond acceptors (Lipinski definition) is 4. The van der Waals surface area contributed by atoms with Gasteiger partial charge in [0.2, 0.25) is 0 Å². The van der Waals surface area contributed by atoms with Gasteiger partial charge in [0.25, 0.3) is 0 Å². The minimum Gasteiger partial charge on any atom is -0.481 e. The summed E-state index contributed by atoms with van der Waals surface area (Å²) in [4.78, 5) is 10.8. The fraction of sp³-hybridized carbons (Fsp3) is 0.864. The SMILES string of the molecule is CCCCC(C)(C)[C@H](O)/C=C/[C@@H]1[C@H]2CC(C(Br)CCCC(=O)O)O[C@@H]2C[C@H]1O. The molecular formula is C22H37BrO5. The molecule has 0 amide bonds. The van der Waals surface area contributed by atoms with Gasteiger partial charge < -0.3 is 20.1 Å². The van der Waals surface area contributed by atoms with Crippen molar-refractivity contribution in [2.45, 2.75) is 101 Å². The third-order valence-corrected chi connectivity index (χ3v) is 7.56. The van der Waals surface area contributed by atoms with Crippen LogP contribution in [0.15, 0.2) is 12.2 Å². The van der Waals surface area contributed by atoms with E-state index in [1.165, 1.54) is 0 Å². The van der Waals surface area contributed by atoms with E-state index in [-0.39, 0.29) is 40.7 Å². The van der Waals surface area contributed by atoms with E-state index in [1.54, 1.807) is 0 Å². The van der Waals surface area contributed by atoms with Gasteiger partial charge in [0.05, 0.1) is 24.4 Å². The highest BCUT2D eigenvalue weighted by Crippen LogP contribution is 2.46. The molecule has 2 rings (SSSR count). The van der Waals surface area contributed by atoms with E-state index >= 15 is 0 Å². The highest BCUT2D eigenvalue weighted by Gasteiger charge is 2.49. The second-order valence-electron chi connectivity index (χ2n) is 9.22. The topological polar surface area (TPSA) is 87.0 Å². The molecule has 0 spiro atoms. The Morgan fingerprint density at radius 2 is 2.04 bits per heavy atom. The summed E-state index contributed by atoms with van der Waals surface area (Å²) in [6.07, 6.45) is 9.26. The van der Waals surface area contributed by atoms with Crippen LogP contribution in [0.5, 0.6) is 0 Å². The highest BCUT2D eigenvalue weighted by atomic mass is 79.9. The maximum absolute atomic E-state index is 10.7. The van der Waals surface area contributed by atoms with Crippen LogP contribution in [-0.2, 0) is 9.53 Å². The molecule has 28 heavy (non-hydrogen) atoms. The zero-order valence-corrected chi connectivity index (χ0v) is 19.0. The Labute approximate surface area is 177 Å². The number of fused-ring (bicyclic) bond motifs is 1. The van der Waals surface area contributed by atoms with Crippen molar-refractivity contribution in [2.24, 2.45) is 17.3 Å². The Morgan fingerprint density at radius 1 is 1.32 bits per heavy atom. The van der Waals surface area contributed by atoms with Crippen LogP contribution in [0.25, 0.3) is 0 Å². The largest absolute Gasteiger partial charge is 0.481 e. The van der Waals surface area contributed by atoms with Gasteiger partial charge in [0.15, 0.2) is 0 Å². The summed E-state index contributed by atoms with van der Waals surface area (Å²) >= 11 is 3.67. The predicted molar refractivity (Wildman–Crippen MR) is 114 cm³/mol. The maximum atomic E-state index is 10.7. The number of aliphatic carboxylic acids is 1. The summed E-state index contributed by atoms with van der Waals surface area (Å²) in [5, 5.41) is 29.9. The van der Waals surface area contributed by atoms with Gasteiger partial charge in [-0.3, -0.25) is 4.79 Å². The van der Waals surface area contributed by atoms with Crippen LogP contribution in [0.4, 0.5) is 0 Å². The summed E-state index contributed by atoms with van der Waals surface area (Å²) in [6.45, 7) is 6.34. The van der Waals surface area contributed by atoms with Crippen molar-refractivity contribution in [1.29, 1.82) is 0 Å². The lowest BCUT2D eigenvalue weighted by Crippen LogP contribution is -2.28. The Bertz CT molecular complexity index is 535. The molecule has 1 saturated carbocycles. The molecule has 7 atom stereocenters. The number of ether oxygens (including phenoxy) is 1. The van der Waals surface area contributed by atoms with Crippen LogP contribution in [0, 0.1) is 17.3 Å². The van der Waals surface area contributed by atoms with Crippen LogP contribution in [0.3, 0.4) is 0 Å². The van der Waals surface area contributed by atoms with Gasteiger partial charge in [-0.1, -0.05) is 61.7 Å². The monoisotopic (exact) mass is 460 g/mol. The Kier molecular flexibility index (Phi) is 8.99. The molecule has 2 unspecified atom stereocenters. The van der Waals surface area contributed by atoms with Gasteiger partial charge in [-0.05, 0) is 37.0 Å². The lowest BCUT2D eigenvalue weighted by atomic mass is 9.80. The van der Waals surface area contributed by atoms with Crippen LogP contribution >= 0.6 is 15.9 Å². The summed E-state index contributed by atoms with van der Waals surface area (Å²) < 4.78 is 6.18. The summed E-state index contributed by atoms with van der Waals surface area (Å²) in [5.74, 6) is -0.510. The number of aliphatic hydroxyl groups is 2. The first-order chi connectivity index (χ1) is 13.2. The first-order valence-electron chi connectivity index (χ1n) is 10.7. The second-order valence-corrected chi connectivity index (χ2v) is 10.4. The van der Waals surface area contributed by atoms with Gasteiger partial charge in [0, 0.05) is 23.6 Å². The molecule has 0 aromatic heterocycles. The lowest BCUT2D eigenvalue weighted by molar-refractivity contribution is -0.137. The third-order valence-electron chi connectivity index (χ3n) is 6.51. The van der Waals surface area contributed by atoms with E-state index in [9.17, 15) is 15.0 Å². The highest BCUT2D eigenvalue weighted by molar-refractivity contribution is 9.09. The van der Waals surface area contributed by atoms with Gasteiger partial charge in [-0.2, -0.15) is 0 Å². The first kappa shape index (κ1) is 23.8. The molecule has 3 N–H and O–H groups in total. The van der Waals surface area contributed by atoms with Gasteiger partial charge in [0.1, 0.15) is 0 Å². The number of halogens is 1. The number of aliphatic hydroxyl groups excluding tert-OH is 2. The zero-order valence-electron chi connectivity index (χ0n) is 17.4. The molecule has 1 aliphatic carbocycles. The van der Waals surface area contributed by atoms with E-state index in [4.69, 9.17) is 9.84 Å². The van der Waals surface area contributed by atoms with Crippen LogP contribution in [0.1, 0.15) is 72.1 Å². The minimum atomic E-state index is -0.766. The number of rotatable bonds is 11. The normalized spacial score (nSPS) is 32.6. The molecule has 1 saturated heterocycles. The summed E-state index contributed by atoms with van der Waals surface area (Å²) in [6, 6.07) is 0. The predicted octanol–water partition coefficient (Wildman–Crippen LogP) is 4.29. The van der Waals surface area contributed by atoms with Gasteiger partial charge in [-0.25, -0.2) is 0 Å². The molecule has 0 aromatic rings. The van der Waals surface area contributed by atoms with Crippen LogP contribution in [-0.4, -0.2) is 50.5 Å². The van der Waals surface area contributed by atoms with E-state index in [2.05, 4.69) is 36.7 Å². The number of unbranched alkanes of at least 4 members (excludes halogenated alkanes) is 1. The maximum Gasteiger partial charge on any atom is 0.303 e. The second kappa shape index (κ2) is 10.6. The molecule has 2 fully saturated rings. The van der Waals surface area contributed by atoms with Gasteiger partial charge in [-0.15, -0.1) is 0 Å². The van der Waals surface area contributed by atoms with E-state index in [0.717, 1.165) is 32.1 Å². The minimum absolute atomic E-state index is 0.00495. The van der Waals surface area contributed by atoms with Gasteiger partial charge >= 0.3 is 5.97 Å². The van der Waals surface area contributed by atoms with Crippen LogP contribution in [0.2, 0.25) is 0 Å². The lowest BCUT2D eigenvalue weighted by Gasteiger charge is -2.29. The Balaban J connectivity index is 1.91. The molecule has 2 aliphatic rings. The van der Waals surface area contributed by atoms with Crippen molar-refractivity contribution in [1.82, 2.24) is 0 Å². The number of alkyl halides is 1. The zero-order chi connectivity index (χ0) is 20.9. The molecule has 1 heterocycles. The molecule has 1 aliphatic heterocycles. The van der Waals surface area contributed by atoms with Crippen LogP contribution < -0.4 is 0 Å². The molecule has 0 bridgehead atoms. The average Bonchev–Trinajstić information content (AvgIpc) is 3.14. The third kappa shape index (κ3) is 6.28. The van der Waals surface area contributed by atoms with E-state index < -0.39 is 18.2 Å². The van der Waals surface area contributed by atoms with E-state index in [1.807, 2.05) is 12.2 Å². The quantitative estimate of drug-likeness (QED) is 0.316. The number of carbonyl (C=O) groups is 1. The Hall–Kier alpha value is -0.430. The standard InChI is InChI=1S/C22H37BrO5/c1-4-5-11-22(2,3)20(25)10-9-14-15-12-19(28-18(15)13-17(14)24)16(23)7-6-8-21(26)27/h9-10,14-20,24-25H,4-8,11-13H2,1-3H3,(H,26,27)/b10-9+/t14-,15-,16?,17-,18-,19?,20-/m1/s1. The smallest absolute Gasteiger partial charge is 0.303 e. The van der Waals surface area contributed by atoms with Crippen molar-refractivity contribution in [2.75, 3.05) is 0 Å². The molecule has 162 valence electrons. The van der Waals surface area contributed by atoms with Crippen molar-refractivity contribution < 1.29 is 24.9 Å². The van der Waals surface area contributed by atoms with Crippen molar-refractivity contribution >= 4 is 21.9 Å². The average molecular weight is 461 g/mol. The molecule has 5 nitrogen and oxygen atoms in total. The number of carboxylic acids is 1. The summed E-state index contributed by atoms with van der Waals surface area (Å²) in [5.41, 5.74) is -0.171. The fourth-order valence-corrected chi connectivity index (χ4v) is 5.19. The molecule has 0 radical (unpaired) electrons. The first-order valence-corrected chi connectivity index (χ1v) is 11.6. The van der Waals surface area contributed by atoms with Crippen molar-refractivity contribution in [3.8, 4) is 0 Å². The van der Waals surface area contributed by atoms with Crippen molar-refractivity contribution in [3.05, 3.63) is 12.2 Å². The number of carboxylic acid groups (broad SMARTS) is 1. The summed E-state index contributed by atoms with van der Waals surface area (Å²) in [7, 11) is 0. The van der Waals surface area contributed by atoms with E-state index in [0.29, 0.717) is 12.8 Å². The Morgan fingerprint density at radius 3 is 2.68 bits per heavy atom. The molecule has 0 aromatic carbocycles. The number of hydrogen-bond donors (Lipinski definition) is 3. The molecule has 6 heteroatoms. The molecular weight excluding hydrogens is 424 g/mol. The van der Waals surface area contributed by atoms with Crippen molar-refractivity contribution in [3.63, 3.8) is 0 Å².